The summed E-state index contributed by atoms with van der Waals surface area (Å²) in [7, 11) is 0. The first-order valence-electron chi connectivity index (χ1n) is 8.38. The highest BCUT2D eigenvalue weighted by Crippen LogP contribution is 2.34. The van der Waals surface area contributed by atoms with Crippen LogP contribution >= 0.6 is 0 Å². The zero-order valence-corrected chi connectivity index (χ0v) is 13.6. The van der Waals surface area contributed by atoms with E-state index >= 15 is 0 Å². The first-order chi connectivity index (χ1) is 11.3. The van der Waals surface area contributed by atoms with Crippen LogP contribution in [0.3, 0.4) is 0 Å². The van der Waals surface area contributed by atoms with E-state index in [1.807, 2.05) is 30.5 Å². The molecule has 23 heavy (non-hydrogen) atoms. The molecule has 1 atom stereocenters. The molecule has 120 valence electrons. The smallest absolute Gasteiger partial charge is 0.206 e. The summed E-state index contributed by atoms with van der Waals surface area (Å²) in [5, 5.41) is 0. The summed E-state index contributed by atoms with van der Waals surface area (Å²) in [4.78, 5) is 12.0. The van der Waals surface area contributed by atoms with Crippen LogP contribution in [0.25, 0.3) is 17.0 Å². The number of imidazole rings is 1. The maximum atomic E-state index is 5.68. The average molecular weight is 310 g/mol. The van der Waals surface area contributed by atoms with Gasteiger partial charge in [-0.1, -0.05) is 6.42 Å². The van der Waals surface area contributed by atoms with Crippen molar-refractivity contribution in [3.8, 4) is 5.88 Å². The largest absolute Gasteiger partial charge is 0.448 e. The second kappa shape index (κ2) is 5.81. The van der Waals surface area contributed by atoms with Gasteiger partial charge in [-0.3, -0.25) is 4.90 Å². The van der Waals surface area contributed by atoms with Crippen LogP contribution in [0, 0.1) is 0 Å². The molecule has 3 aromatic heterocycles. The lowest BCUT2D eigenvalue weighted by Gasteiger charge is -2.38. The minimum atomic E-state index is 0.308. The van der Waals surface area contributed by atoms with E-state index in [9.17, 15) is 0 Å². The summed E-state index contributed by atoms with van der Waals surface area (Å²) in [5.41, 5.74) is 1.79. The van der Waals surface area contributed by atoms with E-state index in [-0.39, 0.29) is 0 Å². The van der Waals surface area contributed by atoms with Crippen molar-refractivity contribution in [1.82, 2.24) is 19.4 Å². The lowest BCUT2D eigenvalue weighted by atomic mass is 9.99. The molecule has 5 nitrogen and oxygen atoms in total. The van der Waals surface area contributed by atoms with Gasteiger partial charge in [0.2, 0.25) is 5.88 Å². The quantitative estimate of drug-likeness (QED) is 0.735. The van der Waals surface area contributed by atoms with Crippen molar-refractivity contribution in [2.45, 2.75) is 45.2 Å². The van der Waals surface area contributed by atoms with Gasteiger partial charge in [0.15, 0.2) is 5.65 Å². The molecule has 3 aromatic rings. The van der Waals surface area contributed by atoms with E-state index in [1.165, 1.54) is 12.8 Å². The van der Waals surface area contributed by atoms with Crippen LogP contribution in [0.4, 0.5) is 0 Å². The zero-order valence-electron chi connectivity index (χ0n) is 13.6. The first-order valence-corrected chi connectivity index (χ1v) is 8.38. The topological polar surface area (TPSA) is 47.1 Å². The molecule has 1 fully saturated rings. The van der Waals surface area contributed by atoms with Gasteiger partial charge in [-0.25, -0.2) is 14.5 Å². The number of nitrogens with zero attached hydrogens (tertiary/aromatic N) is 4. The number of hydrogen-bond acceptors (Lipinski definition) is 4. The van der Waals surface area contributed by atoms with Crippen LogP contribution in [-0.2, 0) is 0 Å². The molecule has 1 aliphatic heterocycles. The van der Waals surface area contributed by atoms with Crippen molar-refractivity contribution in [2.75, 3.05) is 6.54 Å². The van der Waals surface area contributed by atoms with Crippen LogP contribution in [0.5, 0.6) is 0 Å². The van der Waals surface area contributed by atoms with Crippen molar-refractivity contribution in [3.63, 3.8) is 0 Å². The Labute approximate surface area is 135 Å². The van der Waals surface area contributed by atoms with Crippen LogP contribution in [0.2, 0.25) is 0 Å². The highest BCUT2D eigenvalue weighted by molar-refractivity contribution is 5.73. The van der Waals surface area contributed by atoms with Gasteiger partial charge in [-0.15, -0.1) is 0 Å². The fraction of sp³-hybridized carbons (Fsp3) is 0.444. The molecule has 1 saturated heterocycles. The van der Waals surface area contributed by atoms with Crippen LogP contribution < -0.4 is 0 Å². The SMILES string of the molecule is CC(C)N1CCCCC1c1nc2cccnc2n1-c1ccco1. The molecule has 5 heteroatoms. The van der Waals surface area contributed by atoms with Gasteiger partial charge < -0.3 is 4.42 Å². The summed E-state index contributed by atoms with van der Waals surface area (Å²) in [6, 6.07) is 8.65. The lowest BCUT2D eigenvalue weighted by Crippen LogP contribution is -2.39. The van der Waals surface area contributed by atoms with Crippen molar-refractivity contribution in [3.05, 3.63) is 42.5 Å². The first kappa shape index (κ1) is 14.5. The third-order valence-electron chi connectivity index (χ3n) is 4.67. The van der Waals surface area contributed by atoms with E-state index in [0.717, 1.165) is 35.8 Å². The van der Waals surface area contributed by atoms with Gasteiger partial charge in [0.05, 0.1) is 12.3 Å². The Morgan fingerprint density at radius 1 is 1.22 bits per heavy atom. The molecule has 1 unspecified atom stereocenters. The number of aromatic nitrogens is 3. The molecule has 1 aliphatic rings. The Morgan fingerprint density at radius 3 is 2.91 bits per heavy atom. The number of hydrogen-bond donors (Lipinski definition) is 0. The predicted molar refractivity (Wildman–Crippen MR) is 89.6 cm³/mol. The standard InChI is InChI=1S/C18H22N4O/c1-13(2)21-11-4-3-8-15(21)18-20-14-7-5-10-19-17(14)22(18)16-9-6-12-23-16/h5-7,9-10,12-13,15H,3-4,8,11H2,1-2H3. The Balaban J connectivity index is 1.90. The maximum Gasteiger partial charge on any atom is 0.206 e. The summed E-state index contributed by atoms with van der Waals surface area (Å²) in [5.74, 6) is 1.83. The Hall–Kier alpha value is -2.14. The molecule has 0 bridgehead atoms. The summed E-state index contributed by atoms with van der Waals surface area (Å²) in [6.07, 6.45) is 7.14. The van der Waals surface area contributed by atoms with Gasteiger partial charge in [-0.05, 0) is 51.4 Å². The van der Waals surface area contributed by atoms with Gasteiger partial charge in [0.1, 0.15) is 11.3 Å². The molecule has 0 N–H and O–H groups in total. The van der Waals surface area contributed by atoms with E-state index in [0.29, 0.717) is 12.1 Å². The number of furan rings is 1. The molecule has 0 saturated carbocycles. The average Bonchev–Trinajstić information content (AvgIpc) is 3.21. The minimum Gasteiger partial charge on any atom is -0.448 e. The summed E-state index contributed by atoms with van der Waals surface area (Å²) >= 11 is 0. The summed E-state index contributed by atoms with van der Waals surface area (Å²) in [6.45, 7) is 5.64. The van der Waals surface area contributed by atoms with Gasteiger partial charge >= 0.3 is 0 Å². The van der Waals surface area contributed by atoms with Crippen molar-refractivity contribution < 1.29 is 4.42 Å². The molecule has 0 aliphatic carbocycles. The van der Waals surface area contributed by atoms with E-state index in [4.69, 9.17) is 9.40 Å². The highest BCUT2D eigenvalue weighted by Gasteiger charge is 2.31. The Kier molecular flexibility index (Phi) is 3.65. The van der Waals surface area contributed by atoms with Crippen molar-refractivity contribution >= 4 is 11.2 Å². The molecular weight excluding hydrogens is 288 g/mol. The fourth-order valence-corrected chi connectivity index (χ4v) is 3.62. The number of fused-ring (bicyclic) bond motifs is 1. The molecule has 0 radical (unpaired) electrons. The zero-order chi connectivity index (χ0) is 15.8. The number of likely N-dealkylation sites (tertiary alicyclic amines) is 1. The molecule has 0 aromatic carbocycles. The van der Waals surface area contributed by atoms with Gasteiger partial charge in [-0.2, -0.15) is 0 Å². The second-order valence-electron chi connectivity index (χ2n) is 6.45. The number of piperidine rings is 1. The fourth-order valence-electron chi connectivity index (χ4n) is 3.62. The molecule has 0 amide bonds. The minimum absolute atomic E-state index is 0.308. The monoisotopic (exact) mass is 310 g/mol. The van der Waals surface area contributed by atoms with Crippen LogP contribution in [0.1, 0.15) is 45.0 Å². The van der Waals surface area contributed by atoms with E-state index in [1.54, 1.807) is 6.26 Å². The molecule has 4 rings (SSSR count). The van der Waals surface area contributed by atoms with Crippen LogP contribution in [-0.4, -0.2) is 32.0 Å². The lowest BCUT2D eigenvalue weighted by molar-refractivity contribution is 0.105. The Morgan fingerprint density at radius 2 is 2.13 bits per heavy atom. The number of rotatable bonds is 3. The maximum absolute atomic E-state index is 5.68. The third-order valence-corrected chi connectivity index (χ3v) is 4.67. The summed E-state index contributed by atoms with van der Waals surface area (Å²) < 4.78 is 7.76. The van der Waals surface area contributed by atoms with E-state index in [2.05, 4.69) is 28.3 Å². The van der Waals surface area contributed by atoms with Crippen LogP contribution in [0.15, 0.2) is 41.1 Å². The molecule has 0 spiro atoms. The number of pyridine rings is 1. The highest BCUT2D eigenvalue weighted by atomic mass is 16.3. The second-order valence-corrected chi connectivity index (χ2v) is 6.45. The van der Waals surface area contributed by atoms with Crippen molar-refractivity contribution in [1.29, 1.82) is 0 Å². The van der Waals surface area contributed by atoms with Gasteiger partial charge in [0, 0.05) is 18.3 Å². The van der Waals surface area contributed by atoms with Crippen molar-refractivity contribution in [2.24, 2.45) is 0 Å². The normalized spacial score (nSPS) is 19.7. The van der Waals surface area contributed by atoms with E-state index < -0.39 is 0 Å². The predicted octanol–water partition coefficient (Wildman–Crippen LogP) is 3.95. The molecule has 4 heterocycles. The Bertz CT molecular complexity index is 791. The molecular formula is C18H22N4O. The van der Waals surface area contributed by atoms with Gasteiger partial charge in [0.25, 0.3) is 0 Å². The third kappa shape index (κ3) is 2.45.